The van der Waals surface area contributed by atoms with Gasteiger partial charge in [-0.3, -0.25) is 14.5 Å². The molecule has 1 saturated heterocycles. The lowest BCUT2D eigenvalue weighted by atomic mass is 10.0. The molecule has 0 spiro atoms. The van der Waals surface area contributed by atoms with E-state index in [1.54, 1.807) is 13.2 Å². The number of fused-ring (bicyclic) bond motifs is 1. The zero-order valence-corrected chi connectivity index (χ0v) is 23.3. The minimum absolute atomic E-state index is 0.0447. The molecule has 8 heteroatoms. The van der Waals surface area contributed by atoms with Crippen molar-refractivity contribution in [2.24, 2.45) is 5.92 Å². The van der Waals surface area contributed by atoms with E-state index in [-0.39, 0.29) is 11.8 Å². The maximum absolute atomic E-state index is 13.3. The normalized spacial score (nSPS) is 18.5. The molecule has 208 valence electrons. The highest BCUT2D eigenvalue weighted by atomic mass is 16.5. The quantitative estimate of drug-likeness (QED) is 0.566. The lowest BCUT2D eigenvalue weighted by Gasteiger charge is -2.36. The molecule has 0 radical (unpaired) electrons. The van der Waals surface area contributed by atoms with Gasteiger partial charge in [0.2, 0.25) is 5.91 Å². The number of rotatable bonds is 6. The Morgan fingerprint density at radius 1 is 1.08 bits per heavy atom. The van der Waals surface area contributed by atoms with Crippen LogP contribution in [-0.2, 0) is 29.0 Å². The molecule has 2 aromatic rings. The Morgan fingerprint density at radius 3 is 2.55 bits per heavy atom. The minimum Gasteiger partial charge on any atom is -0.381 e. The van der Waals surface area contributed by atoms with E-state index in [4.69, 9.17) is 9.26 Å². The first kappa shape index (κ1) is 28.3. The highest BCUT2D eigenvalue weighted by molar-refractivity contribution is 5.97. The molecule has 2 amide bonds. The lowest BCUT2D eigenvalue weighted by molar-refractivity contribution is -0.116. The SMILES string of the molecule is CC(=O)N1CCCCCCCN(C2CCOCC2)Cc2cc(C(=O)NCc3conc3CC(C)C)ccc21. The number of nitrogens with zero attached hydrogens (tertiary/aromatic N) is 3. The molecule has 1 fully saturated rings. The molecule has 0 unspecified atom stereocenters. The van der Waals surface area contributed by atoms with Crippen molar-refractivity contribution in [2.75, 3.05) is 31.2 Å². The van der Waals surface area contributed by atoms with Crippen LogP contribution >= 0.6 is 0 Å². The number of carbonyl (C=O) groups excluding carboxylic acids is 2. The molecule has 1 N–H and O–H groups in total. The summed E-state index contributed by atoms with van der Waals surface area (Å²) < 4.78 is 10.8. The summed E-state index contributed by atoms with van der Waals surface area (Å²) in [5.74, 6) is 0.360. The van der Waals surface area contributed by atoms with Gasteiger partial charge >= 0.3 is 0 Å². The number of carbonyl (C=O) groups is 2. The zero-order valence-electron chi connectivity index (χ0n) is 23.3. The minimum atomic E-state index is -0.136. The largest absolute Gasteiger partial charge is 0.381 e. The average Bonchev–Trinajstić information content (AvgIpc) is 3.33. The molecule has 3 heterocycles. The molecule has 38 heavy (non-hydrogen) atoms. The van der Waals surface area contributed by atoms with Crippen molar-refractivity contribution in [3.05, 3.63) is 46.8 Å². The van der Waals surface area contributed by atoms with Gasteiger partial charge < -0.3 is 19.5 Å². The van der Waals surface area contributed by atoms with Gasteiger partial charge in [-0.1, -0.05) is 38.3 Å². The summed E-state index contributed by atoms with van der Waals surface area (Å²) in [5, 5.41) is 7.16. The van der Waals surface area contributed by atoms with E-state index in [1.807, 2.05) is 23.1 Å². The number of benzene rings is 1. The van der Waals surface area contributed by atoms with E-state index >= 15 is 0 Å². The van der Waals surface area contributed by atoms with Gasteiger partial charge in [0.15, 0.2) is 0 Å². The Balaban J connectivity index is 1.59. The van der Waals surface area contributed by atoms with Crippen molar-refractivity contribution < 1.29 is 18.8 Å². The molecule has 0 bridgehead atoms. The maximum Gasteiger partial charge on any atom is 0.251 e. The second-order valence-electron chi connectivity index (χ2n) is 11.2. The number of anilines is 1. The average molecular weight is 525 g/mol. The van der Waals surface area contributed by atoms with Crippen LogP contribution in [0.15, 0.2) is 29.0 Å². The predicted molar refractivity (Wildman–Crippen MR) is 148 cm³/mol. The fourth-order valence-electron chi connectivity index (χ4n) is 5.60. The van der Waals surface area contributed by atoms with E-state index in [0.29, 0.717) is 30.6 Å². The number of ether oxygens (including phenoxy) is 1. The van der Waals surface area contributed by atoms with Crippen LogP contribution in [0.5, 0.6) is 0 Å². The first-order chi connectivity index (χ1) is 18.4. The molecule has 0 saturated carbocycles. The topological polar surface area (TPSA) is 87.9 Å². The predicted octanol–water partition coefficient (Wildman–Crippen LogP) is 5.10. The third kappa shape index (κ3) is 7.67. The highest BCUT2D eigenvalue weighted by Gasteiger charge is 2.25. The number of amides is 2. The second kappa shape index (κ2) is 13.9. The molecule has 0 atom stereocenters. The maximum atomic E-state index is 13.3. The van der Waals surface area contributed by atoms with E-state index in [9.17, 15) is 9.59 Å². The van der Waals surface area contributed by atoms with Gasteiger partial charge in [-0.05, 0) is 68.3 Å². The van der Waals surface area contributed by atoms with Crippen molar-refractivity contribution in [2.45, 2.75) is 91.3 Å². The summed E-state index contributed by atoms with van der Waals surface area (Å²) in [6, 6.07) is 6.25. The van der Waals surface area contributed by atoms with E-state index in [2.05, 4.69) is 29.2 Å². The lowest BCUT2D eigenvalue weighted by Crippen LogP contribution is -2.40. The van der Waals surface area contributed by atoms with Crippen LogP contribution in [-0.4, -0.2) is 54.2 Å². The van der Waals surface area contributed by atoms with Crippen LogP contribution in [0.2, 0.25) is 0 Å². The van der Waals surface area contributed by atoms with E-state index < -0.39 is 0 Å². The molecular formula is C30H44N4O4. The Kier molecular flexibility index (Phi) is 10.4. The number of aromatic nitrogens is 1. The summed E-state index contributed by atoms with van der Waals surface area (Å²) in [7, 11) is 0. The highest BCUT2D eigenvalue weighted by Crippen LogP contribution is 2.28. The molecule has 1 aromatic heterocycles. The fourth-order valence-corrected chi connectivity index (χ4v) is 5.60. The summed E-state index contributed by atoms with van der Waals surface area (Å²) in [4.78, 5) is 30.4. The van der Waals surface area contributed by atoms with Gasteiger partial charge in [0, 0.05) is 62.6 Å². The van der Waals surface area contributed by atoms with Crippen LogP contribution in [0.3, 0.4) is 0 Å². The molecule has 1 aromatic carbocycles. The third-order valence-corrected chi connectivity index (χ3v) is 7.69. The first-order valence-corrected chi connectivity index (χ1v) is 14.4. The summed E-state index contributed by atoms with van der Waals surface area (Å²) in [6.07, 6.45) is 10.1. The molecule has 2 aliphatic heterocycles. The van der Waals surface area contributed by atoms with Crippen LogP contribution in [0.4, 0.5) is 5.69 Å². The standard InChI is InChI=1S/C30H44N4O4/c1-22(2)17-28-26(21-38-32-28)19-31-30(36)24-9-10-29-25(18-24)20-33(27-11-15-37-16-12-27)13-7-5-4-6-8-14-34(29)23(3)35/h9-10,18,21-22,27H,4-8,11-17,19-20H2,1-3H3,(H,31,36). The Hall–Kier alpha value is -2.71. The molecule has 4 rings (SSSR count). The molecule has 0 aliphatic carbocycles. The van der Waals surface area contributed by atoms with Gasteiger partial charge in [0.05, 0.1) is 5.69 Å². The molecular weight excluding hydrogens is 480 g/mol. The number of nitrogens with one attached hydrogen (secondary N) is 1. The van der Waals surface area contributed by atoms with Gasteiger partial charge in [-0.15, -0.1) is 0 Å². The van der Waals surface area contributed by atoms with E-state index in [1.165, 1.54) is 19.3 Å². The van der Waals surface area contributed by atoms with Gasteiger partial charge in [0.1, 0.15) is 6.26 Å². The van der Waals surface area contributed by atoms with Gasteiger partial charge in [-0.2, -0.15) is 0 Å². The van der Waals surface area contributed by atoms with Crippen LogP contribution in [0.1, 0.15) is 92.9 Å². The van der Waals surface area contributed by atoms with Gasteiger partial charge in [-0.25, -0.2) is 0 Å². The molecule has 2 aliphatic rings. The van der Waals surface area contributed by atoms with Crippen molar-refractivity contribution >= 4 is 17.5 Å². The zero-order chi connectivity index (χ0) is 26.9. The summed E-state index contributed by atoms with van der Waals surface area (Å²) >= 11 is 0. The Bertz CT molecular complexity index is 1060. The second-order valence-corrected chi connectivity index (χ2v) is 11.2. The molecule has 8 nitrogen and oxygen atoms in total. The first-order valence-electron chi connectivity index (χ1n) is 14.4. The smallest absolute Gasteiger partial charge is 0.251 e. The third-order valence-electron chi connectivity index (χ3n) is 7.69. The van der Waals surface area contributed by atoms with Crippen LogP contribution < -0.4 is 10.2 Å². The number of hydrogen-bond acceptors (Lipinski definition) is 6. The Labute approximate surface area is 227 Å². The van der Waals surface area contributed by atoms with Crippen molar-refractivity contribution in [1.82, 2.24) is 15.4 Å². The van der Waals surface area contributed by atoms with Crippen LogP contribution in [0.25, 0.3) is 0 Å². The summed E-state index contributed by atoms with van der Waals surface area (Å²) in [5.41, 5.74) is 4.36. The Morgan fingerprint density at radius 2 is 1.82 bits per heavy atom. The van der Waals surface area contributed by atoms with E-state index in [0.717, 1.165) is 80.9 Å². The monoisotopic (exact) mass is 524 g/mol. The number of hydrogen-bond donors (Lipinski definition) is 1. The summed E-state index contributed by atoms with van der Waals surface area (Å²) in [6.45, 7) is 10.3. The van der Waals surface area contributed by atoms with Crippen molar-refractivity contribution in [1.29, 1.82) is 0 Å². The van der Waals surface area contributed by atoms with Crippen molar-refractivity contribution in [3.8, 4) is 0 Å². The fraction of sp³-hybridized carbons (Fsp3) is 0.633. The van der Waals surface area contributed by atoms with Crippen LogP contribution in [0, 0.1) is 5.92 Å². The van der Waals surface area contributed by atoms with Gasteiger partial charge in [0.25, 0.3) is 5.91 Å². The van der Waals surface area contributed by atoms with Crippen molar-refractivity contribution in [3.63, 3.8) is 0 Å².